The number of carbonyl (C=O) groups is 1. The standard InChI is InChI=1S/C14H12N4O3S/c1-22-14-17-12(10(6-15)13(20)18-14)8-3-2-4-9(5-8)21-7-11(16)19/h2-5H,7H2,1H3,(H2,16,19)(H,17,18,20). The van der Waals surface area contributed by atoms with E-state index in [4.69, 9.17) is 15.7 Å². The topological polar surface area (TPSA) is 122 Å². The molecule has 3 N–H and O–H groups in total. The van der Waals surface area contributed by atoms with Crippen LogP contribution in [0.15, 0.2) is 34.2 Å². The highest BCUT2D eigenvalue weighted by atomic mass is 32.2. The second kappa shape index (κ2) is 6.78. The summed E-state index contributed by atoms with van der Waals surface area (Å²) in [5.41, 5.74) is 5.25. The van der Waals surface area contributed by atoms with Crippen molar-refractivity contribution in [1.82, 2.24) is 9.97 Å². The molecule has 22 heavy (non-hydrogen) atoms. The van der Waals surface area contributed by atoms with E-state index in [9.17, 15) is 9.59 Å². The monoisotopic (exact) mass is 316 g/mol. The number of benzene rings is 1. The van der Waals surface area contributed by atoms with E-state index in [1.165, 1.54) is 11.8 Å². The maximum atomic E-state index is 11.9. The average Bonchev–Trinajstić information content (AvgIpc) is 2.52. The van der Waals surface area contributed by atoms with Gasteiger partial charge in [0.25, 0.3) is 11.5 Å². The van der Waals surface area contributed by atoms with E-state index in [-0.39, 0.29) is 17.9 Å². The molecule has 0 spiro atoms. The zero-order chi connectivity index (χ0) is 16.1. The number of aromatic nitrogens is 2. The largest absolute Gasteiger partial charge is 0.484 e. The van der Waals surface area contributed by atoms with Crippen molar-refractivity contribution >= 4 is 17.7 Å². The number of carbonyl (C=O) groups excluding carboxylic acids is 1. The Morgan fingerprint density at radius 3 is 2.95 bits per heavy atom. The molecule has 1 amide bonds. The first-order valence-electron chi connectivity index (χ1n) is 6.15. The Kier molecular flexibility index (Phi) is 4.80. The number of nitriles is 1. The molecule has 1 aromatic carbocycles. The van der Waals surface area contributed by atoms with Crippen LogP contribution in [0, 0.1) is 11.3 Å². The molecule has 1 aromatic heterocycles. The average molecular weight is 316 g/mol. The van der Waals surface area contributed by atoms with Gasteiger partial charge in [-0.15, -0.1) is 0 Å². The molecule has 2 rings (SSSR count). The normalized spacial score (nSPS) is 10.0. The molecule has 0 fully saturated rings. The van der Waals surface area contributed by atoms with E-state index in [1.54, 1.807) is 30.5 Å². The highest BCUT2D eigenvalue weighted by Crippen LogP contribution is 2.25. The van der Waals surface area contributed by atoms with Gasteiger partial charge in [0.15, 0.2) is 11.8 Å². The SMILES string of the molecule is CSc1nc(-c2cccc(OCC(N)=O)c2)c(C#N)c(=O)[nH]1. The molecule has 0 saturated heterocycles. The van der Waals surface area contributed by atoms with Crippen molar-refractivity contribution in [1.29, 1.82) is 5.26 Å². The second-order valence-corrected chi connectivity index (χ2v) is 4.99. The summed E-state index contributed by atoms with van der Waals surface area (Å²) in [4.78, 5) is 29.4. The molecular formula is C14H12N4O3S. The number of hydrogen-bond donors (Lipinski definition) is 2. The first-order valence-corrected chi connectivity index (χ1v) is 7.37. The van der Waals surface area contributed by atoms with Gasteiger partial charge in [0.05, 0.1) is 5.69 Å². The summed E-state index contributed by atoms with van der Waals surface area (Å²) in [6.07, 6.45) is 1.76. The second-order valence-electron chi connectivity index (χ2n) is 4.19. The zero-order valence-electron chi connectivity index (χ0n) is 11.6. The van der Waals surface area contributed by atoms with E-state index in [0.29, 0.717) is 16.5 Å². The summed E-state index contributed by atoms with van der Waals surface area (Å²) < 4.78 is 5.21. The highest BCUT2D eigenvalue weighted by molar-refractivity contribution is 7.98. The van der Waals surface area contributed by atoms with Gasteiger partial charge in [-0.2, -0.15) is 5.26 Å². The Morgan fingerprint density at radius 1 is 1.55 bits per heavy atom. The minimum atomic E-state index is -0.595. The summed E-state index contributed by atoms with van der Waals surface area (Å²) in [7, 11) is 0. The van der Waals surface area contributed by atoms with Crippen molar-refractivity contribution < 1.29 is 9.53 Å². The third-order valence-corrected chi connectivity index (χ3v) is 3.27. The van der Waals surface area contributed by atoms with Gasteiger partial charge in [-0.25, -0.2) is 4.98 Å². The lowest BCUT2D eigenvalue weighted by atomic mass is 10.1. The van der Waals surface area contributed by atoms with Crippen LogP contribution in [0.3, 0.4) is 0 Å². The Bertz CT molecular complexity index is 810. The highest BCUT2D eigenvalue weighted by Gasteiger charge is 2.13. The molecule has 1 heterocycles. The number of H-pyrrole nitrogens is 1. The summed E-state index contributed by atoms with van der Waals surface area (Å²) in [5.74, 6) is -0.199. The molecule has 0 atom stereocenters. The van der Waals surface area contributed by atoms with Gasteiger partial charge in [-0.1, -0.05) is 23.9 Å². The summed E-state index contributed by atoms with van der Waals surface area (Å²) >= 11 is 1.26. The number of ether oxygens (including phenoxy) is 1. The van der Waals surface area contributed by atoms with Crippen molar-refractivity contribution in [2.75, 3.05) is 12.9 Å². The zero-order valence-corrected chi connectivity index (χ0v) is 12.4. The van der Waals surface area contributed by atoms with Crippen LogP contribution in [0.5, 0.6) is 5.75 Å². The van der Waals surface area contributed by atoms with Gasteiger partial charge in [-0.3, -0.25) is 9.59 Å². The maximum absolute atomic E-state index is 11.9. The van der Waals surface area contributed by atoms with Crippen LogP contribution in [0.1, 0.15) is 5.56 Å². The van der Waals surface area contributed by atoms with Gasteiger partial charge >= 0.3 is 0 Å². The lowest BCUT2D eigenvalue weighted by molar-refractivity contribution is -0.119. The maximum Gasteiger partial charge on any atom is 0.270 e. The van der Waals surface area contributed by atoms with E-state index in [1.807, 2.05) is 6.07 Å². The summed E-state index contributed by atoms with van der Waals surface area (Å²) in [5, 5.41) is 9.57. The molecule has 112 valence electrons. The van der Waals surface area contributed by atoms with E-state index >= 15 is 0 Å². The number of rotatable bonds is 5. The fourth-order valence-corrected chi connectivity index (χ4v) is 2.13. The van der Waals surface area contributed by atoms with Crippen molar-refractivity contribution in [3.8, 4) is 23.1 Å². The van der Waals surface area contributed by atoms with Crippen molar-refractivity contribution in [3.63, 3.8) is 0 Å². The molecule has 7 nitrogen and oxygen atoms in total. The van der Waals surface area contributed by atoms with E-state index in [0.717, 1.165) is 0 Å². The number of thioether (sulfide) groups is 1. The Balaban J connectivity index is 2.50. The lowest BCUT2D eigenvalue weighted by Crippen LogP contribution is -2.20. The molecular weight excluding hydrogens is 304 g/mol. The Labute approximate surface area is 130 Å². The van der Waals surface area contributed by atoms with Crippen LogP contribution < -0.4 is 16.0 Å². The first kappa shape index (κ1) is 15.6. The number of hydrogen-bond acceptors (Lipinski definition) is 6. The molecule has 0 radical (unpaired) electrons. The molecule has 0 bridgehead atoms. The number of nitrogens with zero attached hydrogens (tertiary/aromatic N) is 2. The Hall–Kier alpha value is -2.79. The van der Waals surface area contributed by atoms with Crippen LogP contribution in [0.2, 0.25) is 0 Å². The molecule has 0 aliphatic heterocycles. The van der Waals surface area contributed by atoms with Gasteiger partial charge in [0.1, 0.15) is 17.4 Å². The van der Waals surface area contributed by atoms with Crippen LogP contribution in [0.25, 0.3) is 11.3 Å². The summed E-state index contributed by atoms with van der Waals surface area (Å²) in [6.45, 7) is -0.257. The number of amides is 1. The quantitative estimate of drug-likeness (QED) is 0.624. The van der Waals surface area contributed by atoms with Crippen molar-refractivity contribution in [2.24, 2.45) is 5.73 Å². The minimum Gasteiger partial charge on any atom is -0.484 e. The molecule has 0 aliphatic carbocycles. The first-order chi connectivity index (χ1) is 10.5. The van der Waals surface area contributed by atoms with E-state index < -0.39 is 11.5 Å². The molecule has 0 aliphatic rings. The number of nitrogens with one attached hydrogen (secondary N) is 1. The lowest BCUT2D eigenvalue weighted by Gasteiger charge is -2.08. The minimum absolute atomic E-state index is 0.0788. The number of primary amides is 1. The third-order valence-electron chi connectivity index (χ3n) is 2.69. The smallest absolute Gasteiger partial charge is 0.270 e. The van der Waals surface area contributed by atoms with Crippen LogP contribution in [-0.4, -0.2) is 28.7 Å². The van der Waals surface area contributed by atoms with Crippen molar-refractivity contribution in [3.05, 3.63) is 40.2 Å². The molecule has 0 unspecified atom stereocenters. The fourth-order valence-electron chi connectivity index (χ4n) is 1.75. The van der Waals surface area contributed by atoms with Crippen LogP contribution in [0.4, 0.5) is 0 Å². The van der Waals surface area contributed by atoms with Gasteiger partial charge in [-0.05, 0) is 18.4 Å². The summed E-state index contributed by atoms with van der Waals surface area (Å²) in [6, 6.07) is 8.46. The van der Waals surface area contributed by atoms with Crippen LogP contribution in [-0.2, 0) is 4.79 Å². The molecule has 8 heteroatoms. The number of aromatic amines is 1. The Morgan fingerprint density at radius 2 is 2.32 bits per heavy atom. The molecule has 0 saturated carbocycles. The predicted molar refractivity (Wildman–Crippen MR) is 81.5 cm³/mol. The molecule has 2 aromatic rings. The predicted octanol–water partition coefficient (Wildman–Crippen LogP) is 0.895. The third kappa shape index (κ3) is 3.45. The fraction of sp³-hybridized carbons (Fsp3) is 0.143. The van der Waals surface area contributed by atoms with Gasteiger partial charge in [0, 0.05) is 5.56 Å². The van der Waals surface area contributed by atoms with E-state index in [2.05, 4.69) is 9.97 Å². The van der Waals surface area contributed by atoms with Gasteiger partial charge < -0.3 is 15.5 Å². The van der Waals surface area contributed by atoms with Gasteiger partial charge in [0.2, 0.25) is 0 Å². The van der Waals surface area contributed by atoms with Crippen LogP contribution >= 0.6 is 11.8 Å². The van der Waals surface area contributed by atoms with Crippen molar-refractivity contribution in [2.45, 2.75) is 5.16 Å². The number of nitrogens with two attached hydrogens (primary N) is 1.